The summed E-state index contributed by atoms with van der Waals surface area (Å²) >= 11 is 0. The molecule has 0 atom stereocenters. The highest BCUT2D eigenvalue weighted by atomic mass is 16.2. The average molecular weight is 346 g/mol. The van der Waals surface area contributed by atoms with Gasteiger partial charge in [-0.15, -0.1) is 0 Å². The summed E-state index contributed by atoms with van der Waals surface area (Å²) in [6.07, 6.45) is 0.177. The molecule has 0 aliphatic carbocycles. The summed E-state index contributed by atoms with van der Waals surface area (Å²) in [6.45, 7) is 6.38. The zero-order valence-electron chi connectivity index (χ0n) is 15.3. The van der Waals surface area contributed by atoms with Gasteiger partial charge in [-0.2, -0.15) is 0 Å². The number of likely N-dealkylation sites (N-methyl/N-ethyl adjacent to an activating group) is 1. The standard InChI is InChI=1S/C18H26N4O3/c1-5-21(12-16(23)19-13(2)3)17(24)10-11-22-15-9-7-6-8-14(15)20(4)18(22)25/h6-9,13H,5,10-12H2,1-4H3,(H,19,23). The van der Waals surface area contributed by atoms with Crippen LogP contribution in [0.25, 0.3) is 11.0 Å². The molecule has 7 nitrogen and oxygen atoms in total. The topological polar surface area (TPSA) is 76.3 Å². The number of nitrogens with zero attached hydrogens (tertiary/aromatic N) is 3. The number of aryl methyl sites for hydroxylation is 2. The molecule has 0 aliphatic rings. The van der Waals surface area contributed by atoms with Crippen molar-refractivity contribution in [2.24, 2.45) is 7.05 Å². The van der Waals surface area contributed by atoms with Crippen molar-refractivity contribution in [3.8, 4) is 0 Å². The molecule has 0 fully saturated rings. The van der Waals surface area contributed by atoms with Gasteiger partial charge in [0.25, 0.3) is 0 Å². The molecule has 2 amide bonds. The van der Waals surface area contributed by atoms with E-state index >= 15 is 0 Å². The third-order valence-electron chi connectivity index (χ3n) is 4.12. The van der Waals surface area contributed by atoms with Gasteiger partial charge in [0.1, 0.15) is 0 Å². The Hall–Kier alpha value is -2.57. The SMILES string of the molecule is CCN(CC(=O)NC(C)C)C(=O)CCn1c(=O)n(C)c2ccccc21. The first-order chi connectivity index (χ1) is 11.8. The lowest BCUT2D eigenvalue weighted by molar-refractivity contribution is -0.136. The zero-order chi connectivity index (χ0) is 18.6. The first kappa shape index (κ1) is 18.8. The molecule has 25 heavy (non-hydrogen) atoms. The van der Waals surface area contributed by atoms with Gasteiger partial charge in [0.05, 0.1) is 17.6 Å². The van der Waals surface area contributed by atoms with Crippen molar-refractivity contribution in [2.45, 2.75) is 39.8 Å². The predicted molar refractivity (Wildman–Crippen MR) is 97.3 cm³/mol. The van der Waals surface area contributed by atoms with Crippen LogP contribution >= 0.6 is 0 Å². The van der Waals surface area contributed by atoms with E-state index in [2.05, 4.69) is 5.32 Å². The number of imidazole rings is 1. The Kier molecular flexibility index (Phi) is 6.01. The minimum absolute atomic E-state index is 0.0376. The number of hydrogen-bond donors (Lipinski definition) is 1. The van der Waals surface area contributed by atoms with Gasteiger partial charge in [-0.05, 0) is 32.9 Å². The summed E-state index contributed by atoms with van der Waals surface area (Å²) in [5.74, 6) is -0.311. The number of benzene rings is 1. The van der Waals surface area contributed by atoms with Crippen molar-refractivity contribution in [3.63, 3.8) is 0 Å². The molecule has 2 aromatic rings. The molecule has 1 aromatic carbocycles. The molecule has 0 unspecified atom stereocenters. The predicted octanol–water partition coefficient (Wildman–Crippen LogP) is 1.10. The van der Waals surface area contributed by atoms with Gasteiger partial charge in [-0.25, -0.2) is 4.79 Å². The van der Waals surface area contributed by atoms with E-state index in [1.54, 1.807) is 16.2 Å². The Morgan fingerprint density at radius 1 is 1.20 bits per heavy atom. The van der Waals surface area contributed by atoms with Crippen LogP contribution in [0, 0.1) is 0 Å². The summed E-state index contributed by atoms with van der Waals surface area (Å²) in [4.78, 5) is 38.2. The average Bonchev–Trinajstić information content (AvgIpc) is 2.81. The third kappa shape index (κ3) is 4.29. The Balaban J connectivity index is 2.07. The first-order valence-corrected chi connectivity index (χ1v) is 8.56. The largest absolute Gasteiger partial charge is 0.352 e. The summed E-state index contributed by atoms with van der Waals surface area (Å²) in [6, 6.07) is 7.53. The summed E-state index contributed by atoms with van der Waals surface area (Å²) in [7, 11) is 1.72. The minimum Gasteiger partial charge on any atom is -0.352 e. The van der Waals surface area contributed by atoms with Crippen molar-refractivity contribution < 1.29 is 9.59 Å². The maximum Gasteiger partial charge on any atom is 0.328 e. The quantitative estimate of drug-likeness (QED) is 0.816. The molecule has 1 aromatic heterocycles. The van der Waals surface area contributed by atoms with Crippen molar-refractivity contribution in [2.75, 3.05) is 13.1 Å². The fourth-order valence-electron chi connectivity index (χ4n) is 2.86. The minimum atomic E-state index is -0.174. The van der Waals surface area contributed by atoms with E-state index in [1.165, 1.54) is 4.90 Å². The zero-order valence-corrected chi connectivity index (χ0v) is 15.3. The summed E-state index contributed by atoms with van der Waals surface area (Å²) in [5.41, 5.74) is 1.50. The molecule has 1 heterocycles. The summed E-state index contributed by atoms with van der Waals surface area (Å²) in [5, 5.41) is 2.78. The Labute approximate surface area is 147 Å². The molecule has 7 heteroatoms. The van der Waals surface area contributed by atoms with Gasteiger partial charge in [-0.1, -0.05) is 12.1 Å². The lowest BCUT2D eigenvalue weighted by Crippen LogP contribution is -2.43. The van der Waals surface area contributed by atoms with Gasteiger partial charge in [0.15, 0.2) is 0 Å². The van der Waals surface area contributed by atoms with Gasteiger partial charge in [-0.3, -0.25) is 18.7 Å². The van der Waals surface area contributed by atoms with Gasteiger partial charge in [0, 0.05) is 32.6 Å². The number of fused-ring (bicyclic) bond motifs is 1. The smallest absolute Gasteiger partial charge is 0.328 e. The normalized spacial score (nSPS) is 11.1. The molecule has 0 saturated heterocycles. The van der Waals surface area contributed by atoms with E-state index in [1.807, 2.05) is 45.0 Å². The maximum absolute atomic E-state index is 12.4. The van der Waals surface area contributed by atoms with E-state index in [9.17, 15) is 14.4 Å². The fraction of sp³-hybridized carbons (Fsp3) is 0.500. The highest BCUT2D eigenvalue weighted by Gasteiger charge is 2.17. The van der Waals surface area contributed by atoms with Crippen LogP contribution in [0.5, 0.6) is 0 Å². The van der Waals surface area contributed by atoms with Crippen LogP contribution in [0.2, 0.25) is 0 Å². The van der Waals surface area contributed by atoms with Crippen molar-refractivity contribution in [1.29, 1.82) is 0 Å². The second kappa shape index (κ2) is 8.00. The number of aromatic nitrogens is 2. The number of para-hydroxylation sites is 2. The number of hydrogen-bond acceptors (Lipinski definition) is 3. The van der Waals surface area contributed by atoms with Crippen LogP contribution in [0.1, 0.15) is 27.2 Å². The monoisotopic (exact) mass is 346 g/mol. The summed E-state index contributed by atoms with van der Waals surface area (Å²) < 4.78 is 3.18. The molecule has 0 spiro atoms. The second-order valence-electron chi connectivity index (χ2n) is 6.36. The molecular weight excluding hydrogens is 320 g/mol. The van der Waals surface area contributed by atoms with Crippen molar-refractivity contribution in [3.05, 3.63) is 34.7 Å². The molecule has 0 bridgehead atoms. The van der Waals surface area contributed by atoms with E-state index in [-0.39, 0.29) is 36.5 Å². The number of carbonyl (C=O) groups excluding carboxylic acids is 2. The maximum atomic E-state index is 12.4. The van der Waals surface area contributed by atoms with Crippen LogP contribution in [-0.4, -0.2) is 45.0 Å². The van der Waals surface area contributed by atoms with E-state index in [4.69, 9.17) is 0 Å². The van der Waals surface area contributed by atoms with Crippen LogP contribution in [0.15, 0.2) is 29.1 Å². The number of nitrogens with one attached hydrogen (secondary N) is 1. The molecule has 136 valence electrons. The van der Waals surface area contributed by atoms with E-state index in [0.717, 1.165) is 11.0 Å². The first-order valence-electron chi connectivity index (χ1n) is 8.56. The highest BCUT2D eigenvalue weighted by molar-refractivity contribution is 5.85. The molecule has 2 rings (SSSR count). The van der Waals surface area contributed by atoms with Crippen LogP contribution in [0.3, 0.4) is 0 Å². The molecule has 0 saturated carbocycles. The molecule has 1 N–H and O–H groups in total. The number of rotatable bonds is 7. The fourth-order valence-corrected chi connectivity index (χ4v) is 2.86. The highest BCUT2D eigenvalue weighted by Crippen LogP contribution is 2.12. The van der Waals surface area contributed by atoms with Crippen molar-refractivity contribution >= 4 is 22.8 Å². The molecule has 0 radical (unpaired) electrons. The van der Waals surface area contributed by atoms with Crippen LogP contribution in [-0.2, 0) is 23.2 Å². The van der Waals surface area contributed by atoms with Gasteiger partial charge < -0.3 is 10.2 Å². The molecular formula is C18H26N4O3. The third-order valence-corrected chi connectivity index (χ3v) is 4.12. The lowest BCUT2D eigenvalue weighted by atomic mass is 10.3. The van der Waals surface area contributed by atoms with E-state index in [0.29, 0.717) is 13.1 Å². The second-order valence-corrected chi connectivity index (χ2v) is 6.36. The molecule has 0 aliphatic heterocycles. The number of carbonyl (C=O) groups is 2. The number of amides is 2. The van der Waals surface area contributed by atoms with Crippen LogP contribution < -0.4 is 11.0 Å². The van der Waals surface area contributed by atoms with Gasteiger partial charge >= 0.3 is 5.69 Å². The lowest BCUT2D eigenvalue weighted by Gasteiger charge is -2.21. The van der Waals surface area contributed by atoms with Crippen molar-refractivity contribution in [1.82, 2.24) is 19.4 Å². The van der Waals surface area contributed by atoms with Crippen LogP contribution in [0.4, 0.5) is 0 Å². The Morgan fingerprint density at radius 2 is 1.84 bits per heavy atom. The Bertz CT molecular complexity index is 819. The van der Waals surface area contributed by atoms with E-state index < -0.39 is 0 Å². The van der Waals surface area contributed by atoms with Gasteiger partial charge in [0.2, 0.25) is 11.8 Å². The Morgan fingerprint density at radius 3 is 2.44 bits per heavy atom.